The first kappa shape index (κ1) is 11.6. The first-order chi connectivity index (χ1) is 7.19. The first-order valence-corrected chi connectivity index (χ1v) is 5.01. The van der Waals surface area contributed by atoms with Gasteiger partial charge in [-0.2, -0.15) is 0 Å². The van der Waals surface area contributed by atoms with Crippen LogP contribution in [0.1, 0.15) is 24.9 Å². The van der Waals surface area contributed by atoms with Gasteiger partial charge in [0.2, 0.25) is 0 Å². The molecule has 0 radical (unpaired) electrons. The van der Waals surface area contributed by atoms with E-state index in [1.165, 1.54) is 0 Å². The van der Waals surface area contributed by atoms with Crippen molar-refractivity contribution in [3.63, 3.8) is 0 Å². The number of phenols is 1. The Labute approximate surface area is 90.2 Å². The van der Waals surface area contributed by atoms with Gasteiger partial charge in [0.25, 0.3) is 0 Å². The zero-order chi connectivity index (χ0) is 11.3. The Balaban J connectivity index is 2.90. The summed E-state index contributed by atoms with van der Waals surface area (Å²) in [5, 5.41) is 9.49. The lowest BCUT2D eigenvalue weighted by molar-refractivity contribution is 0.317. The third-order valence-corrected chi connectivity index (χ3v) is 2.13. The SMILES string of the molecule is C=CC[C@@H](N)c1ccc(O)c(OCC)c1. The smallest absolute Gasteiger partial charge is 0.161 e. The number of nitrogens with two attached hydrogens (primary N) is 1. The molecule has 3 nitrogen and oxygen atoms in total. The Morgan fingerprint density at radius 3 is 2.93 bits per heavy atom. The highest BCUT2D eigenvalue weighted by atomic mass is 16.5. The van der Waals surface area contributed by atoms with Crippen molar-refractivity contribution in [1.82, 2.24) is 0 Å². The maximum Gasteiger partial charge on any atom is 0.161 e. The van der Waals surface area contributed by atoms with Crippen molar-refractivity contribution in [2.24, 2.45) is 5.73 Å². The molecule has 0 unspecified atom stereocenters. The maximum absolute atomic E-state index is 9.49. The number of hydrogen-bond donors (Lipinski definition) is 2. The highest BCUT2D eigenvalue weighted by Crippen LogP contribution is 2.29. The normalized spacial score (nSPS) is 12.1. The average Bonchev–Trinajstić information content (AvgIpc) is 2.22. The van der Waals surface area contributed by atoms with Crippen LogP contribution in [0.2, 0.25) is 0 Å². The van der Waals surface area contributed by atoms with Crippen molar-refractivity contribution in [2.45, 2.75) is 19.4 Å². The summed E-state index contributed by atoms with van der Waals surface area (Å²) in [7, 11) is 0. The van der Waals surface area contributed by atoms with E-state index in [2.05, 4.69) is 6.58 Å². The summed E-state index contributed by atoms with van der Waals surface area (Å²) in [5.41, 5.74) is 6.85. The Kier molecular flexibility index (Phi) is 4.18. The molecule has 0 saturated heterocycles. The number of phenolic OH excluding ortho intramolecular Hbond substituents is 1. The van der Waals surface area contributed by atoms with E-state index in [-0.39, 0.29) is 11.8 Å². The van der Waals surface area contributed by atoms with Crippen LogP contribution in [0.25, 0.3) is 0 Å². The first-order valence-electron chi connectivity index (χ1n) is 5.01. The fourth-order valence-electron chi connectivity index (χ4n) is 1.35. The van der Waals surface area contributed by atoms with E-state index >= 15 is 0 Å². The second kappa shape index (κ2) is 5.41. The van der Waals surface area contributed by atoms with Crippen LogP contribution in [0.5, 0.6) is 11.5 Å². The molecular formula is C12H17NO2. The topological polar surface area (TPSA) is 55.5 Å². The van der Waals surface area contributed by atoms with Gasteiger partial charge in [-0.3, -0.25) is 0 Å². The van der Waals surface area contributed by atoms with Crippen LogP contribution in [-0.2, 0) is 0 Å². The predicted molar refractivity (Wildman–Crippen MR) is 61.0 cm³/mol. The van der Waals surface area contributed by atoms with Crippen LogP contribution in [-0.4, -0.2) is 11.7 Å². The van der Waals surface area contributed by atoms with E-state index in [1.807, 2.05) is 6.92 Å². The fourth-order valence-corrected chi connectivity index (χ4v) is 1.35. The maximum atomic E-state index is 9.49. The summed E-state index contributed by atoms with van der Waals surface area (Å²) in [6.45, 7) is 6.03. The Morgan fingerprint density at radius 1 is 1.60 bits per heavy atom. The number of aromatic hydroxyl groups is 1. The van der Waals surface area contributed by atoms with E-state index < -0.39 is 0 Å². The second-order valence-corrected chi connectivity index (χ2v) is 3.29. The van der Waals surface area contributed by atoms with Crippen molar-refractivity contribution in [2.75, 3.05) is 6.61 Å². The second-order valence-electron chi connectivity index (χ2n) is 3.29. The molecule has 0 fully saturated rings. The zero-order valence-electron chi connectivity index (χ0n) is 8.94. The molecule has 1 aromatic carbocycles. The van der Waals surface area contributed by atoms with E-state index in [1.54, 1.807) is 24.3 Å². The molecule has 0 aromatic heterocycles. The van der Waals surface area contributed by atoms with Crippen LogP contribution in [0.3, 0.4) is 0 Å². The van der Waals surface area contributed by atoms with Crippen LogP contribution < -0.4 is 10.5 Å². The van der Waals surface area contributed by atoms with Crippen LogP contribution in [0.15, 0.2) is 30.9 Å². The predicted octanol–water partition coefficient (Wildman–Crippen LogP) is 2.37. The number of rotatable bonds is 5. The van der Waals surface area contributed by atoms with Gasteiger partial charge in [-0.1, -0.05) is 12.1 Å². The van der Waals surface area contributed by atoms with Gasteiger partial charge < -0.3 is 15.6 Å². The largest absolute Gasteiger partial charge is 0.504 e. The van der Waals surface area contributed by atoms with Crippen molar-refractivity contribution in [1.29, 1.82) is 0 Å². The van der Waals surface area contributed by atoms with Gasteiger partial charge in [0.1, 0.15) is 0 Å². The van der Waals surface area contributed by atoms with Gasteiger partial charge in [-0.25, -0.2) is 0 Å². The van der Waals surface area contributed by atoms with Crippen molar-refractivity contribution >= 4 is 0 Å². The van der Waals surface area contributed by atoms with Gasteiger partial charge in [0.05, 0.1) is 6.61 Å². The summed E-state index contributed by atoms with van der Waals surface area (Å²) in [4.78, 5) is 0. The summed E-state index contributed by atoms with van der Waals surface area (Å²) >= 11 is 0. The molecule has 0 aliphatic rings. The molecule has 1 rings (SSSR count). The standard InChI is InChI=1S/C12H17NO2/c1-3-5-10(13)9-6-7-11(14)12(8-9)15-4-2/h3,6-8,10,14H,1,4-5,13H2,2H3/t10-/m1/s1. The molecule has 82 valence electrons. The summed E-state index contributed by atoms with van der Waals surface area (Å²) in [6.07, 6.45) is 2.48. The number of ether oxygens (including phenoxy) is 1. The van der Waals surface area contributed by atoms with E-state index in [9.17, 15) is 5.11 Å². The third-order valence-electron chi connectivity index (χ3n) is 2.13. The van der Waals surface area contributed by atoms with Gasteiger partial charge in [-0.05, 0) is 31.0 Å². The Bertz CT molecular complexity index is 336. The van der Waals surface area contributed by atoms with Crippen LogP contribution >= 0.6 is 0 Å². The Hall–Kier alpha value is -1.48. The molecule has 0 aliphatic carbocycles. The molecule has 0 bridgehead atoms. The van der Waals surface area contributed by atoms with Crippen LogP contribution in [0.4, 0.5) is 0 Å². The number of benzene rings is 1. The highest BCUT2D eigenvalue weighted by molar-refractivity contribution is 5.42. The van der Waals surface area contributed by atoms with Crippen LogP contribution in [0, 0.1) is 0 Å². The molecule has 3 heteroatoms. The van der Waals surface area contributed by atoms with Gasteiger partial charge in [0, 0.05) is 6.04 Å². The van der Waals surface area contributed by atoms with E-state index in [4.69, 9.17) is 10.5 Å². The lowest BCUT2D eigenvalue weighted by Crippen LogP contribution is -2.09. The van der Waals surface area contributed by atoms with E-state index in [0.717, 1.165) is 5.56 Å². The molecule has 15 heavy (non-hydrogen) atoms. The monoisotopic (exact) mass is 207 g/mol. The minimum absolute atomic E-state index is 0.0951. The lowest BCUT2D eigenvalue weighted by Gasteiger charge is -2.12. The molecule has 0 heterocycles. The van der Waals surface area contributed by atoms with Crippen molar-refractivity contribution < 1.29 is 9.84 Å². The lowest BCUT2D eigenvalue weighted by atomic mass is 10.0. The van der Waals surface area contributed by atoms with Crippen molar-refractivity contribution in [3.05, 3.63) is 36.4 Å². The quantitative estimate of drug-likeness (QED) is 0.729. The molecular weight excluding hydrogens is 190 g/mol. The summed E-state index contributed by atoms with van der Waals surface area (Å²) in [6, 6.07) is 5.07. The zero-order valence-corrected chi connectivity index (χ0v) is 8.94. The molecule has 0 spiro atoms. The summed E-state index contributed by atoms with van der Waals surface area (Å²) < 4.78 is 5.27. The molecule has 0 saturated carbocycles. The molecule has 3 N–H and O–H groups in total. The molecule has 0 aliphatic heterocycles. The molecule has 1 aromatic rings. The third kappa shape index (κ3) is 2.99. The fraction of sp³-hybridized carbons (Fsp3) is 0.333. The van der Waals surface area contributed by atoms with Gasteiger partial charge in [0.15, 0.2) is 11.5 Å². The van der Waals surface area contributed by atoms with Crippen molar-refractivity contribution in [3.8, 4) is 11.5 Å². The highest BCUT2D eigenvalue weighted by Gasteiger charge is 2.08. The molecule has 0 amide bonds. The molecule has 1 atom stereocenters. The average molecular weight is 207 g/mol. The van der Waals surface area contributed by atoms with E-state index in [0.29, 0.717) is 18.8 Å². The summed E-state index contributed by atoms with van der Waals surface area (Å²) in [5.74, 6) is 0.626. The minimum atomic E-state index is -0.0951. The van der Waals surface area contributed by atoms with Gasteiger partial charge in [-0.15, -0.1) is 6.58 Å². The number of hydrogen-bond acceptors (Lipinski definition) is 3. The van der Waals surface area contributed by atoms with Gasteiger partial charge >= 0.3 is 0 Å². The Morgan fingerprint density at radius 2 is 2.33 bits per heavy atom. The minimum Gasteiger partial charge on any atom is -0.504 e.